The van der Waals surface area contributed by atoms with Crippen molar-refractivity contribution in [2.45, 2.75) is 0 Å². The van der Waals surface area contributed by atoms with Crippen LogP contribution in [0.3, 0.4) is 0 Å². The molecule has 26 heavy (non-hydrogen) atoms. The van der Waals surface area contributed by atoms with Gasteiger partial charge in [-0.2, -0.15) is 3.84 Å². The molecule has 1 fully saturated rings. The Bertz CT molecular complexity index is 636. The molecule has 0 aromatic heterocycles. The average molecular weight is 396 g/mol. The first kappa shape index (κ1) is 20.5. The predicted molar refractivity (Wildman–Crippen MR) is 106 cm³/mol. The quantitative estimate of drug-likeness (QED) is 0.613. The molecule has 0 aliphatic carbocycles. The average Bonchev–Trinajstić information content (AvgIpc) is 2.70. The van der Waals surface area contributed by atoms with Gasteiger partial charge in [-0.05, 0) is 12.1 Å². The highest BCUT2D eigenvalue weighted by molar-refractivity contribution is 6.24. The smallest absolute Gasteiger partial charge is 0.128 e. The van der Waals surface area contributed by atoms with Crippen molar-refractivity contribution in [3.63, 3.8) is 0 Å². The van der Waals surface area contributed by atoms with Gasteiger partial charge >= 0.3 is 0 Å². The number of benzene rings is 2. The van der Waals surface area contributed by atoms with Crippen LogP contribution in [0.5, 0.6) is 5.75 Å². The summed E-state index contributed by atoms with van der Waals surface area (Å²) in [5.41, 5.74) is 0.994. The second kappa shape index (κ2) is 11.8. The van der Waals surface area contributed by atoms with E-state index in [9.17, 15) is 0 Å². The van der Waals surface area contributed by atoms with Crippen molar-refractivity contribution < 1.29 is 8.58 Å². The minimum Gasteiger partial charge on any atom is -0.492 e. The van der Waals surface area contributed by atoms with Gasteiger partial charge in [-0.3, -0.25) is 10.3 Å². The van der Waals surface area contributed by atoms with Crippen LogP contribution in [0.25, 0.3) is 0 Å². The number of ether oxygens (including phenoxy) is 1. The van der Waals surface area contributed by atoms with Crippen LogP contribution in [0, 0.1) is 5.41 Å². The van der Waals surface area contributed by atoms with E-state index in [-0.39, 0.29) is 0 Å². The second-order valence-electron chi connectivity index (χ2n) is 5.76. The Morgan fingerprint density at radius 3 is 2.00 bits per heavy atom. The summed E-state index contributed by atoms with van der Waals surface area (Å²) >= 11 is 8.53. The first-order chi connectivity index (χ1) is 12.7. The molecule has 7 heteroatoms. The minimum absolute atomic E-state index is 0.630. The van der Waals surface area contributed by atoms with Crippen molar-refractivity contribution in [2.24, 2.45) is 0 Å². The van der Waals surface area contributed by atoms with Crippen LogP contribution >= 0.6 is 23.7 Å². The number of nitrogens with one attached hydrogen (secondary N) is 1. The second-order valence-corrected chi connectivity index (χ2v) is 6.23. The van der Waals surface area contributed by atoms with E-state index in [1.165, 1.54) is 0 Å². The van der Waals surface area contributed by atoms with Crippen molar-refractivity contribution in [1.82, 2.24) is 9.80 Å². The maximum absolute atomic E-state index is 8.32. The molecule has 0 unspecified atom stereocenters. The van der Waals surface area contributed by atoms with Crippen molar-refractivity contribution in [3.05, 3.63) is 66.2 Å². The molecule has 0 saturated carbocycles. The van der Waals surface area contributed by atoms with Gasteiger partial charge in [0.25, 0.3) is 0 Å². The fourth-order valence-electron chi connectivity index (χ4n) is 2.78. The van der Waals surface area contributed by atoms with Crippen LogP contribution in [0.2, 0.25) is 0 Å². The van der Waals surface area contributed by atoms with Gasteiger partial charge in [-0.1, -0.05) is 48.5 Å². The standard InChI is InChI=1S/C19H23N3O.Cl2O/c20-19(17-7-3-1-4-8-17)22-13-11-21(12-14-22)15-16-23-18-9-5-2-6-10-18;1-3-2/h1-10,20H,11-16H2;. The molecule has 1 heterocycles. The molecular formula is C19H23Cl2N3O2. The molecule has 1 aliphatic heterocycles. The van der Waals surface area contributed by atoms with E-state index < -0.39 is 0 Å². The highest BCUT2D eigenvalue weighted by atomic mass is 35.6. The lowest BCUT2D eigenvalue weighted by molar-refractivity contribution is 0.154. The van der Waals surface area contributed by atoms with Crippen LogP contribution < -0.4 is 4.74 Å². The zero-order chi connectivity index (χ0) is 18.6. The molecule has 3 rings (SSSR count). The van der Waals surface area contributed by atoms with Crippen LogP contribution in [0.1, 0.15) is 5.56 Å². The fourth-order valence-corrected chi connectivity index (χ4v) is 2.78. The molecule has 0 amide bonds. The molecule has 2 aromatic carbocycles. The third-order valence-corrected chi connectivity index (χ3v) is 4.16. The van der Waals surface area contributed by atoms with Gasteiger partial charge < -0.3 is 9.64 Å². The summed E-state index contributed by atoms with van der Waals surface area (Å²) in [6, 6.07) is 19.9. The number of amidine groups is 1. The molecule has 0 radical (unpaired) electrons. The molecule has 5 nitrogen and oxygen atoms in total. The Morgan fingerprint density at radius 1 is 0.885 bits per heavy atom. The lowest BCUT2D eigenvalue weighted by Crippen LogP contribution is -2.49. The monoisotopic (exact) mass is 395 g/mol. The molecule has 1 N–H and O–H groups in total. The van der Waals surface area contributed by atoms with E-state index in [1.807, 2.05) is 60.7 Å². The first-order valence-electron chi connectivity index (χ1n) is 8.43. The molecule has 0 spiro atoms. The number of hydrogen-bond acceptors (Lipinski definition) is 4. The highest BCUT2D eigenvalue weighted by Crippen LogP contribution is 2.10. The van der Waals surface area contributed by atoms with Gasteiger partial charge in [0, 0.05) is 38.3 Å². The van der Waals surface area contributed by atoms with Gasteiger partial charge in [0.1, 0.15) is 18.2 Å². The Balaban J connectivity index is 0.000000758. The maximum Gasteiger partial charge on any atom is 0.128 e. The van der Waals surface area contributed by atoms with Crippen molar-refractivity contribution in [2.75, 3.05) is 39.3 Å². The largest absolute Gasteiger partial charge is 0.492 e. The Labute approximate surface area is 164 Å². The number of rotatable bonds is 5. The van der Waals surface area contributed by atoms with Crippen molar-refractivity contribution in [1.29, 1.82) is 5.41 Å². The number of para-hydroxylation sites is 1. The summed E-state index contributed by atoms with van der Waals surface area (Å²) in [4.78, 5) is 4.56. The minimum atomic E-state index is 0.630. The Morgan fingerprint density at radius 2 is 1.42 bits per heavy atom. The van der Waals surface area contributed by atoms with Crippen LogP contribution in [-0.4, -0.2) is 55.0 Å². The topological polar surface area (TPSA) is 48.8 Å². The number of halogens is 2. The lowest BCUT2D eigenvalue weighted by atomic mass is 10.1. The number of nitrogens with zero attached hydrogens (tertiary/aromatic N) is 2. The van der Waals surface area contributed by atoms with E-state index in [2.05, 4.69) is 37.4 Å². The third kappa shape index (κ3) is 6.84. The van der Waals surface area contributed by atoms with Gasteiger partial charge in [-0.25, -0.2) is 0 Å². The normalized spacial score (nSPS) is 14.3. The van der Waals surface area contributed by atoms with E-state index in [4.69, 9.17) is 10.1 Å². The number of piperazine rings is 1. The SMILES string of the molecule is ClOCl.N=C(c1ccccc1)N1CCN(CCOc2ccccc2)CC1. The van der Waals surface area contributed by atoms with Crippen molar-refractivity contribution >= 4 is 29.6 Å². The van der Waals surface area contributed by atoms with E-state index in [0.717, 1.165) is 44.0 Å². The fraction of sp³-hybridized carbons (Fsp3) is 0.316. The third-order valence-electron chi connectivity index (χ3n) is 4.16. The molecule has 0 atom stereocenters. The van der Waals surface area contributed by atoms with Crippen LogP contribution in [0.4, 0.5) is 0 Å². The zero-order valence-corrected chi connectivity index (χ0v) is 16.0. The molecule has 1 saturated heterocycles. The summed E-state index contributed by atoms with van der Waals surface area (Å²) in [5.74, 6) is 1.56. The summed E-state index contributed by atoms with van der Waals surface area (Å²) in [7, 11) is 0. The summed E-state index contributed by atoms with van der Waals surface area (Å²) in [5, 5.41) is 8.32. The molecular weight excluding hydrogens is 373 g/mol. The summed E-state index contributed by atoms with van der Waals surface area (Å²) < 4.78 is 8.95. The Kier molecular flexibility index (Phi) is 9.28. The molecule has 2 aromatic rings. The van der Waals surface area contributed by atoms with Gasteiger partial charge in [-0.15, -0.1) is 0 Å². The molecule has 140 valence electrons. The lowest BCUT2D eigenvalue weighted by Gasteiger charge is -2.36. The van der Waals surface area contributed by atoms with Gasteiger partial charge in [0.15, 0.2) is 0 Å². The van der Waals surface area contributed by atoms with E-state index in [1.54, 1.807) is 0 Å². The van der Waals surface area contributed by atoms with Crippen molar-refractivity contribution in [3.8, 4) is 5.75 Å². The zero-order valence-electron chi connectivity index (χ0n) is 14.5. The Hall–Kier alpha value is -1.79. The summed E-state index contributed by atoms with van der Waals surface area (Å²) in [6.07, 6.45) is 0. The van der Waals surface area contributed by atoms with Crippen LogP contribution in [-0.2, 0) is 3.84 Å². The molecule has 1 aliphatic rings. The predicted octanol–water partition coefficient (Wildman–Crippen LogP) is 4.02. The maximum atomic E-state index is 8.32. The van der Waals surface area contributed by atoms with E-state index >= 15 is 0 Å². The number of hydrogen-bond donors (Lipinski definition) is 1. The summed E-state index contributed by atoms with van der Waals surface area (Å²) in [6.45, 7) is 5.40. The van der Waals surface area contributed by atoms with Gasteiger partial charge in [0.05, 0.1) is 23.7 Å². The molecule has 0 bridgehead atoms. The first-order valence-corrected chi connectivity index (χ1v) is 9.04. The van der Waals surface area contributed by atoms with E-state index in [0.29, 0.717) is 12.4 Å². The van der Waals surface area contributed by atoms with Crippen LogP contribution in [0.15, 0.2) is 60.7 Å². The highest BCUT2D eigenvalue weighted by Gasteiger charge is 2.19. The van der Waals surface area contributed by atoms with Gasteiger partial charge in [0.2, 0.25) is 0 Å².